The van der Waals surface area contributed by atoms with Gasteiger partial charge in [0, 0.05) is 38.5 Å². The van der Waals surface area contributed by atoms with E-state index in [0.717, 1.165) is 25.9 Å². The van der Waals surface area contributed by atoms with Gasteiger partial charge in [0.2, 0.25) is 11.4 Å². The second kappa shape index (κ2) is 10.8. The van der Waals surface area contributed by atoms with Gasteiger partial charge < -0.3 is 0 Å². The SMILES string of the molecule is CC.CC[N+]1=C(C)Cc2ccccc21.CC[N+]1=C(C)Cc2ccccc21.[3H]C. The minimum Gasteiger partial charge on any atom is -0.200 e. The summed E-state index contributed by atoms with van der Waals surface area (Å²) in [6.07, 6.45) is 2.26. The number of nitrogens with zero attached hydrogens (tertiary/aromatic N) is 2. The fraction of sp³-hybridized carbons (Fsp3) is 0.440. The molecule has 0 N–H and O–H groups in total. The lowest BCUT2D eigenvalue weighted by Crippen LogP contribution is -2.08. The molecule has 0 aliphatic carbocycles. The third kappa shape index (κ3) is 4.94. The van der Waals surface area contributed by atoms with E-state index in [1.54, 1.807) is 0 Å². The highest BCUT2D eigenvalue weighted by atomic mass is 15.0. The van der Waals surface area contributed by atoms with Gasteiger partial charge in [-0.2, -0.15) is 9.15 Å². The van der Waals surface area contributed by atoms with Crippen molar-refractivity contribution in [3.05, 3.63) is 59.7 Å². The number of para-hydroxylation sites is 2. The van der Waals surface area contributed by atoms with Gasteiger partial charge in [-0.05, 0) is 13.8 Å². The van der Waals surface area contributed by atoms with Crippen LogP contribution < -0.4 is 0 Å². The van der Waals surface area contributed by atoms with Crippen LogP contribution in [0.3, 0.4) is 0 Å². The molecule has 0 saturated heterocycles. The molecule has 2 nitrogen and oxygen atoms in total. The molecule has 2 aliphatic rings. The predicted octanol–water partition coefficient (Wildman–Crippen LogP) is 6.40. The molecule has 146 valence electrons. The van der Waals surface area contributed by atoms with Crippen molar-refractivity contribution in [3.63, 3.8) is 0 Å². The maximum Gasteiger partial charge on any atom is 0.208 e. The minimum atomic E-state index is 1.09. The molecular weight excluding hydrogens is 328 g/mol. The van der Waals surface area contributed by atoms with Crippen LogP contribution in [0.15, 0.2) is 48.5 Å². The number of fused-ring (bicyclic) bond motifs is 2. The van der Waals surface area contributed by atoms with Gasteiger partial charge >= 0.3 is 0 Å². The second-order valence-electron chi connectivity index (χ2n) is 6.57. The zero-order valence-corrected chi connectivity index (χ0v) is 18.3. The third-order valence-corrected chi connectivity index (χ3v) is 5.01. The van der Waals surface area contributed by atoms with Crippen LogP contribution in [0.25, 0.3) is 0 Å². The molecule has 27 heavy (non-hydrogen) atoms. The molecule has 0 atom stereocenters. The summed E-state index contributed by atoms with van der Waals surface area (Å²) < 4.78 is 10.5. The zero-order valence-electron chi connectivity index (χ0n) is 19.3. The largest absolute Gasteiger partial charge is 0.208 e. The lowest BCUT2D eigenvalue weighted by Gasteiger charge is -1.96. The minimum absolute atomic E-state index is 1.09. The summed E-state index contributed by atoms with van der Waals surface area (Å²) in [6, 6.07) is 17.3. The molecule has 2 aromatic rings. The van der Waals surface area contributed by atoms with Crippen LogP contribution in [0.4, 0.5) is 11.4 Å². The van der Waals surface area contributed by atoms with Crippen LogP contribution in [0.1, 0.15) is 61.4 Å². The van der Waals surface area contributed by atoms with Crippen molar-refractivity contribution in [2.75, 3.05) is 13.1 Å². The Kier molecular flexibility index (Phi) is 8.44. The van der Waals surface area contributed by atoms with Crippen LogP contribution in [-0.4, -0.2) is 33.7 Å². The molecule has 2 heterocycles. The lowest BCUT2D eigenvalue weighted by molar-refractivity contribution is -0.433. The van der Waals surface area contributed by atoms with Crippen LogP contribution >= 0.6 is 0 Å². The molecule has 0 fully saturated rings. The maximum atomic E-state index is 5.75. The molecule has 2 aromatic carbocycles. The van der Waals surface area contributed by atoms with Gasteiger partial charge in [-0.3, -0.25) is 0 Å². The first kappa shape index (κ1) is 21.1. The van der Waals surface area contributed by atoms with Crippen molar-refractivity contribution in [2.24, 2.45) is 0 Å². The van der Waals surface area contributed by atoms with Gasteiger partial charge in [-0.25, -0.2) is 0 Å². The normalized spacial score (nSPS) is 14.0. The Hall–Kier alpha value is -2.22. The highest BCUT2D eigenvalue weighted by Gasteiger charge is 2.25. The van der Waals surface area contributed by atoms with Crippen molar-refractivity contribution in [3.8, 4) is 0 Å². The van der Waals surface area contributed by atoms with Crippen LogP contribution in [0, 0.1) is 0 Å². The Morgan fingerprint density at radius 1 is 0.741 bits per heavy atom. The van der Waals surface area contributed by atoms with E-state index in [0.29, 0.717) is 0 Å². The van der Waals surface area contributed by atoms with Gasteiger partial charge in [0.05, 0.1) is 12.8 Å². The van der Waals surface area contributed by atoms with Crippen molar-refractivity contribution in [1.29, 1.82) is 0 Å². The average molecular weight is 369 g/mol. The highest BCUT2D eigenvalue weighted by molar-refractivity contribution is 5.85. The summed E-state index contributed by atoms with van der Waals surface area (Å²) in [5, 5.41) is 0. The summed E-state index contributed by atoms with van der Waals surface area (Å²) in [5.74, 6) is 0. The smallest absolute Gasteiger partial charge is 0.200 e. The highest BCUT2D eigenvalue weighted by Crippen LogP contribution is 2.26. The summed E-state index contributed by atoms with van der Waals surface area (Å²) in [7, 11) is 1.25. The molecule has 2 aliphatic heterocycles. The van der Waals surface area contributed by atoms with Crippen molar-refractivity contribution >= 4 is 22.8 Å². The topological polar surface area (TPSA) is 6.02 Å². The van der Waals surface area contributed by atoms with E-state index in [9.17, 15) is 0 Å². The second-order valence-corrected chi connectivity index (χ2v) is 6.57. The van der Waals surface area contributed by atoms with E-state index in [1.807, 2.05) is 13.8 Å². The van der Waals surface area contributed by atoms with Gasteiger partial charge in [0.15, 0.2) is 11.4 Å². The Bertz CT molecular complexity index is 749. The first-order chi connectivity index (χ1) is 13.7. The van der Waals surface area contributed by atoms with Crippen molar-refractivity contribution in [1.82, 2.24) is 0 Å². The number of hydrogen-bond acceptors (Lipinski definition) is 0. The number of hydrogen-bond donors (Lipinski definition) is 0. The van der Waals surface area contributed by atoms with Crippen molar-refractivity contribution < 1.29 is 10.5 Å². The fourth-order valence-electron chi connectivity index (χ4n) is 3.88. The first-order valence-corrected chi connectivity index (χ1v) is 10.0. The number of benzene rings is 2. The fourth-order valence-corrected chi connectivity index (χ4v) is 3.88. The summed E-state index contributed by atoms with van der Waals surface area (Å²) in [4.78, 5) is 0. The van der Waals surface area contributed by atoms with E-state index in [-0.39, 0.29) is 0 Å². The van der Waals surface area contributed by atoms with Gasteiger partial charge in [0.1, 0.15) is 13.1 Å². The lowest BCUT2D eigenvalue weighted by atomic mass is 10.1. The van der Waals surface area contributed by atoms with Gasteiger partial charge in [-0.15, -0.1) is 0 Å². The summed E-state index contributed by atoms with van der Waals surface area (Å²) in [5.41, 5.74) is 8.68. The molecular formula is C25H38N2+2. The summed E-state index contributed by atoms with van der Waals surface area (Å²) in [6.45, 7) is 15.0. The third-order valence-electron chi connectivity index (χ3n) is 5.01. The van der Waals surface area contributed by atoms with Crippen LogP contribution in [0.5, 0.6) is 0 Å². The molecule has 0 amide bonds. The average Bonchev–Trinajstić information content (AvgIpc) is 3.25. The van der Waals surface area contributed by atoms with E-state index in [2.05, 4.69) is 85.4 Å². The van der Waals surface area contributed by atoms with E-state index in [1.165, 1.54) is 41.3 Å². The van der Waals surface area contributed by atoms with E-state index in [4.69, 9.17) is 1.37 Å². The number of rotatable bonds is 2. The van der Waals surface area contributed by atoms with E-state index < -0.39 is 0 Å². The Balaban J connectivity index is 0.000000238. The van der Waals surface area contributed by atoms with E-state index >= 15 is 0 Å². The Morgan fingerprint density at radius 2 is 1.07 bits per heavy atom. The molecule has 0 aromatic heterocycles. The molecule has 2 heteroatoms. The summed E-state index contributed by atoms with van der Waals surface area (Å²) >= 11 is 0. The van der Waals surface area contributed by atoms with Gasteiger partial charge in [-0.1, -0.05) is 57.6 Å². The molecule has 0 unspecified atom stereocenters. The first-order valence-electron chi connectivity index (χ1n) is 11.0. The quantitative estimate of drug-likeness (QED) is 0.541. The standard InChI is InChI=1S/2C11H14N.C2H6.CH4/c2*1-3-12-9(2)8-10-6-4-5-7-11(10)12;1-2;/h2*4-7H,3,8H2,1-2H3;1-2H3;1H4/q2*+1;;/i;;;1T. The van der Waals surface area contributed by atoms with Gasteiger partial charge in [0.25, 0.3) is 0 Å². The molecule has 0 spiro atoms. The molecule has 4 rings (SSSR count). The van der Waals surface area contributed by atoms with Crippen LogP contribution in [0.2, 0.25) is 0 Å². The molecule has 0 bridgehead atoms. The molecule has 0 saturated carbocycles. The van der Waals surface area contributed by atoms with Crippen LogP contribution in [-0.2, 0) is 12.8 Å². The Morgan fingerprint density at radius 3 is 1.41 bits per heavy atom. The Labute approximate surface area is 168 Å². The monoisotopic (exact) mass is 368 g/mol. The predicted molar refractivity (Wildman–Crippen MR) is 121 cm³/mol. The van der Waals surface area contributed by atoms with Crippen molar-refractivity contribution in [2.45, 2.75) is 61.8 Å². The molecule has 0 radical (unpaired) electrons. The zero-order chi connectivity index (χ0) is 21.1. The maximum absolute atomic E-state index is 5.75.